The first kappa shape index (κ1) is 14.3. The zero-order chi connectivity index (χ0) is 14.7. The standard InChI is InChI=1S/C16H19ClN2O2/c1-11(9-17)3-2-5-18-16-13-8-15-14(20-10-21-15)7-12(13)4-6-19-16/h4,6-8,11H,2-3,5,9-10H2,1H3,(H,18,19). The minimum atomic E-state index is 0.290. The zero-order valence-corrected chi connectivity index (χ0v) is 12.8. The van der Waals surface area contributed by atoms with Crippen molar-refractivity contribution < 1.29 is 9.47 Å². The number of fused-ring (bicyclic) bond motifs is 2. The van der Waals surface area contributed by atoms with E-state index in [1.807, 2.05) is 24.4 Å². The summed E-state index contributed by atoms with van der Waals surface area (Å²) in [5.41, 5.74) is 0. The van der Waals surface area contributed by atoms with Crippen molar-refractivity contribution in [1.82, 2.24) is 4.98 Å². The van der Waals surface area contributed by atoms with Crippen LogP contribution in [0.4, 0.5) is 5.82 Å². The molecular formula is C16H19ClN2O2. The smallest absolute Gasteiger partial charge is 0.231 e. The van der Waals surface area contributed by atoms with Crippen LogP contribution in [0.1, 0.15) is 19.8 Å². The molecule has 0 spiro atoms. The maximum Gasteiger partial charge on any atom is 0.231 e. The molecule has 0 saturated carbocycles. The average molecular weight is 307 g/mol. The summed E-state index contributed by atoms with van der Waals surface area (Å²) in [5.74, 6) is 3.76. The van der Waals surface area contributed by atoms with Crippen molar-refractivity contribution in [3.8, 4) is 11.5 Å². The molecule has 0 saturated heterocycles. The van der Waals surface area contributed by atoms with Crippen molar-refractivity contribution in [2.75, 3.05) is 24.5 Å². The summed E-state index contributed by atoms with van der Waals surface area (Å²) in [6.07, 6.45) is 4.01. The van der Waals surface area contributed by atoms with Crippen molar-refractivity contribution in [2.45, 2.75) is 19.8 Å². The summed E-state index contributed by atoms with van der Waals surface area (Å²) in [6, 6.07) is 5.98. The summed E-state index contributed by atoms with van der Waals surface area (Å²) in [4.78, 5) is 4.44. The number of alkyl halides is 1. The third-order valence-electron chi connectivity index (χ3n) is 3.69. The van der Waals surface area contributed by atoms with E-state index in [4.69, 9.17) is 21.1 Å². The first-order valence-corrected chi connectivity index (χ1v) is 7.79. The molecule has 1 aromatic carbocycles. The maximum atomic E-state index is 5.82. The molecule has 0 aliphatic carbocycles. The highest BCUT2D eigenvalue weighted by Gasteiger charge is 2.15. The minimum absolute atomic E-state index is 0.290. The van der Waals surface area contributed by atoms with Crippen molar-refractivity contribution in [2.24, 2.45) is 5.92 Å². The van der Waals surface area contributed by atoms with Crippen LogP contribution in [0.5, 0.6) is 11.5 Å². The number of ether oxygens (including phenoxy) is 2. The molecular weight excluding hydrogens is 288 g/mol. The number of benzene rings is 1. The minimum Gasteiger partial charge on any atom is -0.454 e. The topological polar surface area (TPSA) is 43.4 Å². The molecule has 0 fully saturated rings. The molecule has 5 heteroatoms. The molecule has 21 heavy (non-hydrogen) atoms. The van der Waals surface area contributed by atoms with E-state index in [0.29, 0.717) is 5.92 Å². The molecule has 3 rings (SSSR count). The van der Waals surface area contributed by atoms with E-state index >= 15 is 0 Å². The number of anilines is 1. The van der Waals surface area contributed by atoms with Crippen LogP contribution in [0.2, 0.25) is 0 Å². The Balaban J connectivity index is 1.73. The van der Waals surface area contributed by atoms with Gasteiger partial charge in [-0.2, -0.15) is 0 Å². The summed E-state index contributed by atoms with van der Waals surface area (Å²) in [5, 5.41) is 5.57. The maximum absolute atomic E-state index is 5.82. The molecule has 1 N–H and O–H groups in total. The lowest BCUT2D eigenvalue weighted by atomic mass is 10.1. The first-order chi connectivity index (χ1) is 10.3. The SMILES string of the molecule is CC(CCl)CCCNc1nccc2cc3c(cc12)OCO3. The van der Waals surface area contributed by atoms with Gasteiger partial charge in [0.25, 0.3) is 0 Å². The Morgan fingerprint density at radius 1 is 1.33 bits per heavy atom. The second-order valence-electron chi connectivity index (χ2n) is 5.41. The van der Waals surface area contributed by atoms with Gasteiger partial charge in [0.1, 0.15) is 5.82 Å². The fourth-order valence-corrected chi connectivity index (χ4v) is 2.59. The molecule has 1 aliphatic heterocycles. The van der Waals surface area contributed by atoms with Gasteiger partial charge in [0.05, 0.1) is 0 Å². The van der Waals surface area contributed by atoms with E-state index in [2.05, 4.69) is 17.2 Å². The molecule has 0 radical (unpaired) electrons. The van der Waals surface area contributed by atoms with Crippen LogP contribution in [0.25, 0.3) is 10.8 Å². The fraction of sp³-hybridized carbons (Fsp3) is 0.438. The Morgan fingerprint density at radius 2 is 2.14 bits per heavy atom. The van der Waals surface area contributed by atoms with Gasteiger partial charge in [0, 0.05) is 24.0 Å². The Morgan fingerprint density at radius 3 is 2.95 bits per heavy atom. The predicted molar refractivity (Wildman–Crippen MR) is 85.5 cm³/mol. The van der Waals surface area contributed by atoms with E-state index in [1.54, 1.807) is 0 Å². The number of pyridine rings is 1. The lowest BCUT2D eigenvalue weighted by Crippen LogP contribution is -2.06. The Kier molecular flexibility index (Phi) is 4.34. The number of hydrogen-bond acceptors (Lipinski definition) is 4. The number of nitrogens with zero attached hydrogens (tertiary/aromatic N) is 1. The molecule has 112 valence electrons. The Labute approximate surface area is 129 Å². The second kappa shape index (κ2) is 6.39. The molecule has 1 aromatic heterocycles. The van der Waals surface area contributed by atoms with Gasteiger partial charge in [0.15, 0.2) is 11.5 Å². The van der Waals surface area contributed by atoms with Crippen molar-refractivity contribution in [1.29, 1.82) is 0 Å². The van der Waals surface area contributed by atoms with Crippen LogP contribution in [-0.2, 0) is 0 Å². The third-order valence-corrected chi connectivity index (χ3v) is 4.21. The lowest BCUT2D eigenvalue weighted by molar-refractivity contribution is 0.174. The Bertz CT molecular complexity index is 633. The van der Waals surface area contributed by atoms with Gasteiger partial charge in [0.2, 0.25) is 6.79 Å². The largest absolute Gasteiger partial charge is 0.454 e. The predicted octanol–water partition coefficient (Wildman–Crippen LogP) is 4.03. The van der Waals surface area contributed by atoms with E-state index < -0.39 is 0 Å². The molecule has 4 nitrogen and oxygen atoms in total. The molecule has 1 atom stereocenters. The van der Waals surface area contributed by atoms with Crippen LogP contribution in [0.3, 0.4) is 0 Å². The quantitative estimate of drug-likeness (QED) is 0.646. The van der Waals surface area contributed by atoms with Gasteiger partial charge in [-0.3, -0.25) is 0 Å². The zero-order valence-electron chi connectivity index (χ0n) is 12.1. The van der Waals surface area contributed by atoms with E-state index in [0.717, 1.165) is 53.4 Å². The lowest BCUT2D eigenvalue weighted by Gasteiger charge is -2.11. The molecule has 0 bridgehead atoms. The summed E-state index contributed by atoms with van der Waals surface area (Å²) in [6.45, 7) is 3.35. The molecule has 0 amide bonds. The molecule has 1 aliphatic rings. The average Bonchev–Trinajstić information content (AvgIpc) is 2.96. The van der Waals surface area contributed by atoms with E-state index in [-0.39, 0.29) is 6.79 Å². The van der Waals surface area contributed by atoms with Gasteiger partial charge in [-0.25, -0.2) is 4.98 Å². The van der Waals surface area contributed by atoms with Crippen LogP contribution < -0.4 is 14.8 Å². The van der Waals surface area contributed by atoms with Crippen molar-refractivity contribution in [3.05, 3.63) is 24.4 Å². The van der Waals surface area contributed by atoms with Crippen molar-refractivity contribution in [3.63, 3.8) is 0 Å². The summed E-state index contributed by atoms with van der Waals surface area (Å²) < 4.78 is 10.8. The Hall–Kier alpha value is -1.68. The van der Waals surface area contributed by atoms with E-state index in [9.17, 15) is 0 Å². The molecule has 2 heterocycles. The van der Waals surface area contributed by atoms with Crippen LogP contribution in [-0.4, -0.2) is 24.2 Å². The second-order valence-corrected chi connectivity index (χ2v) is 5.72. The highest BCUT2D eigenvalue weighted by molar-refractivity contribution is 6.18. The van der Waals surface area contributed by atoms with Crippen LogP contribution in [0, 0.1) is 5.92 Å². The third kappa shape index (κ3) is 3.16. The van der Waals surface area contributed by atoms with Crippen LogP contribution >= 0.6 is 11.6 Å². The monoisotopic (exact) mass is 306 g/mol. The number of halogens is 1. The number of aromatic nitrogens is 1. The summed E-state index contributed by atoms with van der Waals surface area (Å²) in [7, 11) is 0. The normalized spacial score (nSPS) is 14.4. The van der Waals surface area contributed by atoms with Gasteiger partial charge >= 0.3 is 0 Å². The number of nitrogens with one attached hydrogen (secondary N) is 1. The summed E-state index contributed by atoms with van der Waals surface area (Å²) >= 11 is 5.82. The molecule has 1 unspecified atom stereocenters. The van der Waals surface area contributed by atoms with Gasteiger partial charge in [-0.05, 0) is 42.3 Å². The van der Waals surface area contributed by atoms with E-state index in [1.165, 1.54) is 0 Å². The fourth-order valence-electron chi connectivity index (χ4n) is 2.44. The van der Waals surface area contributed by atoms with Crippen molar-refractivity contribution >= 4 is 28.2 Å². The number of rotatable bonds is 6. The number of hydrogen-bond donors (Lipinski definition) is 1. The van der Waals surface area contributed by atoms with Gasteiger partial charge < -0.3 is 14.8 Å². The highest BCUT2D eigenvalue weighted by atomic mass is 35.5. The molecule has 2 aromatic rings. The van der Waals surface area contributed by atoms with Gasteiger partial charge in [-0.1, -0.05) is 6.92 Å². The van der Waals surface area contributed by atoms with Gasteiger partial charge in [-0.15, -0.1) is 11.6 Å². The highest BCUT2D eigenvalue weighted by Crippen LogP contribution is 2.37. The van der Waals surface area contributed by atoms with Crippen LogP contribution in [0.15, 0.2) is 24.4 Å². The first-order valence-electron chi connectivity index (χ1n) is 7.26.